The van der Waals surface area contributed by atoms with Crippen LogP contribution < -0.4 is 4.90 Å². The van der Waals surface area contributed by atoms with Crippen LogP contribution in [0.15, 0.2) is 30.9 Å². The zero-order valence-corrected chi connectivity index (χ0v) is 14.3. The van der Waals surface area contributed by atoms with E-state index in [1.165, 1.54) is 29.1 Å². The van der Waals surface area contributed by atoms with Gasteiger partial charge in [-0.1, -0.05) is 0 Å². The Morgan fingerprint density at radius 3 is 2.76 bits per heavy atom. The SMILES string of the molecule is Cn1cnc2c1CCN(c1nc(-c3ccncc3)nc3c1CCC3)C2. The Kier molecular flexibility index (Phi) is 3.29. The molecule has 0 saturated heterocycles. The largest absolute Gasteiger partial charge is 0.350 e. The second kappa shape index (κ2) is 5.65. The molecule has 0 bridgehead atoms. The van der Waals surface area contributed by atoms with Gasteiger partial charge in [-0.25, -0.2) is 15.0 Å². The van der Waals surface area contributed by atoms with Gasteiger partial charge < -0.3 is 9.47 Å². The highest BCUT2D eigenvalue weighted by atomic mass is 15.2. The van der Waals surface area contributed by atoms with Gasteiger partial charge >= 0.3 is 0 Å². The Labute approximate surface area is 146 Å². The number of rotatable bonds is 2. The van der Waals surface area contributed by atoms with Crippen LogP contribution in [0.25, 0.3) is 11.4 Å². The minimum atomic E-state index is 0.810. The molecule has 0 unspecified atom stereocenters. The number of imidazole rings is 1. The highest BCUT2D eigenvalue weighted by Crippen LogP contribution is 2.33. The van der Waals surface area contributed by atoms with Crippen LogP contribution in [0.2, 0.25) is 0 Å². The number of fused-ring (bicyclic) bond motifs is 2. The Bertz CT molecular complexity index is 931. The van der Waals surface area contributed by atoms with E-state index < -0.39 is 0 Å². The first-order valence-corrected chi connectivity index (χ1v) is 8.84. The van der Waals surface area contributed by atoms with Crippen molar-refractivity contribution in [2.75, 3.05) is 11.4 Å². The maximum atomic E-state index is 4.97. The number of hydrogen-bond acceptors (Lipinski definition) is 5. The first-order valence-electron chi connectivity index (χ1n) is 8.84. The molecule has 0 saturated carbocycles. The fourth-order valence-corrected chi connectivity index (χ4v) is 3.94. The quantitative estimate of drug-likeness (QED) is 0.721. The molecule has 1 aliphatic carbocycles. The molecule has 25 heavy (non-hydrogen) atoms. The summed E-state index contributed by atoms with van der Waals surface area (Å²) >= 11 is 0. The average molecular weight is 332 g/mol. The van der Waals surface area contributed by atoms with E-state index in [0.717, 1.165) is 49.6 Å². The molecule has 0 aromatic carbocycles. The van der Waals surface area contributed by atoms with Crippen molar-refractivity contribution in [1.82, 2.24) is 24.5 Å². The third-order valence-electron chi connectivity index (χ3n) is 5.25. The molecule has 0 fully saturated rings. The van der Waals surface area contributed by atoms with Gasteiger partial charge in [0.1, 0.15) is 5.82 Å². The van der Waals surface area contributed by atoms with Crippen molar-refractivity contribution in [3.05, 3.63) is 53.5 Å². The molecule has 0 radical (unpaired) electrons. The van der Waals surface area contributed by atoms with Crippen LogP contribution in [0, 0.1) is 0 Å². The summed E-state index contributed by atoms with van der Waals surface area (Å²) in [5.41, 5.74) is 6.09. The minimum absolute atomic E-state index is 0.810. The van der Waals surface area contributed by atoms with E-state index in [1.54, 1.807) is 12.4 Å². The molecular weight excluding hydrogens is 312 g/mol. The molecule has 5 rings (SSSR count). The molecule has 0 N–H and O–H groups in total. The van der Waals surface area contributed by atoms with Gasteiger partial charge in [-0.2, -0.15) is 0 Å². The average Bonchev–Trinajstić information content (AvgIpc) is 3.28. The van der Waals surface area contributed by atoms with Gasteiger partial charge in [0.15, 0.2) is 5.82 Å². The van der Waals surface area contributed by atoms with Crippen LogP contribution in [0.1, 0.15) is 29.1 Å². The fourth-order valence-electron chi connectivity index (χ4n) is 3.94. The van der Waals surface area contributed by atoms with Crippen LogP contribution in [0.5, 0.6) is 0 Å². The molecule has 2 aliphatic rings. The van der Waals surface area contributed by atoms with Crippen LogP contribution >= 0.6 is 0 Å². The maximum Gasteiger partial charge on any atom is 0.161 e. The van der Waals surface area contributed by atoms with Crippen LogP contribution in [-0.2, 0) is 32.9 Å². The second-order valence-corrected chi connectivity index (χ2v) is 6.81. The summed E-state index contributed by atoms with van der Waals surface area (Å²) in [7, 11) is 2.07. The molecule has 0 amide bonds. The standard InChI is InChI=1S/C19H20N6/c1-24-12-21-16-11-25(10-7-17(16)24)19-14-3-2-4-15(14)22-18(23-19)13-5-8-20-9-6-13/h5-6,8-9,12H,2-4,7,10-11H2,1H3. The smallest absolute Gasteiger partial charge is 0.161 e. The van der Waals surface area contributed by atoms with E-state index in [1.807, 2.05) is 18.5 Å². The molecule has 3 aromatic rings. The molecule has 0 atom stereocenters. The van der Waals surface area contributed by atoms with Crippen molar-refractivity contribution in [2.24, 2.45) is 7.05 Å². The Morgan fingerprint density at radius 1 is 1.00 bits per heavy atom. The Balaban J connectivity index is 1.58. The predicted octanol–water partition coefficient (Wildman–Crippen LogP) is 2.32. The van der Waals surface area contributed by atoms with Crippen LogP contribution in [0.3, 0.4) is 0 Å². The van der Waals surface area contributed by atoms with Gasteiger partial charge in [0.2, 0.25) is 0 Å². The molecule has 126 valence electrons. The van der Waals surface area contributed by atoms with Crippen LogP contribution in [0.4, 0.5) is 5.82 Å². The highest BCUT2D eigenvalue weighted by Gasteiger charge is 2.27. The Hall–Kier alpha value is -2.76. The molecular formula is C19H20N6. The molecule has 6 heteroatoms. The third-order valence-corrected chi connectivity index (χ3v) is 5.25. The number of nitrogens with zero attached hydrogens (tertiary/aromatic N) is 6. The van der Waals surface area contributed by atoms with E-state index in [4.69, 9.17) is 9.97 Å². The van der Waals surface area contributed by atoms with Crippen LogP contribution in [-0.4, -0.2) is 31.0 Å². The van der Waals surface area contributed by atoms with E-state index in [0.29, 0.717) is 0 Å². The zero-order valence-electron chi connectivity index (χ0n) is 14.3. The van der Waals surface area contributed by atoms with Crippen molar-refractivity contribution in [1.29, 1.82) is 0 Å². The van der Waals surface area contributed by atoms with Gasteiger partial charge in [-0.05, 0) is 31.4 Å². The lowest BCUT2D eigenvalue weighted by atomic mass is 10.1. The van der Waals surface area contributed by atoms with Crippen molar-refractivity contribution >= 4 is 5.82 Å². The van der Waals surface area contributed by atoms with Gasteiger partial charge in [0.25, 0.3) is 0 Å². The lowest BCUT2D eigenvalue weighted by molar-refractivity contribution is 0.672. The normalized spacial score (nSPS) is 16.0. The van der Waals surface area contributed by atoms with E-state index in [9.17, 15) is 0 Å². The summed E-state index contributed by atoms with van der Waals surface area (Å²) in [6.07, 6.45) is 9.81. The van der Waals surface area contributed by atoms with Crippen molar-refractivity contribution in [3.63, 3.8) is 0 Å². The number of aryl methyl sites for hydroxylation is 2. The zero-order chi connectivity index (χ0) is 16.8. The number of aromatic nitrogens is 5. The number of hydrogen-bond donors (Lipinski definition) is 0. The molecule has 6 nitrogen and oxygen atoms in total. The second-order valence-electron chi connectivity index (χ2n) is 6.81. The first kappa shape index (κ1) is 14.6. The Morgan fingerprint density at radius 2 is 1.88 bits per heavy atom. The molecule has 3 aromatic heterocycles. The summed E-state index contributed by atoms with van der Waals surface area (Å²) in [5.74, 6) is 1.91. The van der Waals surface area contributed by atoms with E-state index in [-0.39, 0.29) is 0 Å². The number of pyridine rings is 1. The summed E-state index contributed by atoms with van der Waals surface area (Å²) in [6.45, 7) is 1.81. The molecule has 0 spiro atoms. The van der Waals surface area contributed by atoms with E-state index >= 15 is 0 Å². The van der Waals surface area contributed by atoms with Crippen molar-refractivity contribution < 1.29 is 0 Å². The summed E-state index contributed by atoms with van der Waals surface area (Å²) in [6, 6.07) is 3.96. The topological polar surface area (TPSA) is 59.7 Å². The minimum Gasteiger partial charge on any atom is -0.350 e. The molecule has 4 heterocycles. The summed E-state index contributed by atoms with van der Waals surface area (Å²) in [5, 5.41) is 0. The monoisotopic (exact) mass is 332 g/mol. The van der Waals surface area contributed by atoms with Gasteiger partial charge in [-0.15, -0.1) is 0 Å². The predicted molar refractivity (Wildman–Crippen MR) is 95.3 cm³/mol. The van der Waals surface area contributed by atoms with Crippen molar-refractivity contribution in [2.45, 2.75) is 32.2 Å². The first-order chi connectivity index (χ1) is 12.3. The maximum absolute atomic E-state index is 4.97. The van der Waals surface area contributed by atoms with Crippen molar-refractivity contribution in [3.8, 4) is 11.4 Å². The highest BCUT2D eigenvalue weighted by molar-refractivity contribution is 5.61. The lowest BCUT2D eigenvalue weighted by Crippen LogP contribution is -2.32. The fraction of sp³-hybridized carbons (Fsp3) is 0.368. The van der Waals surface area contributed by atoms with E-state index in [2.05, 4.69) is 26.5 Å². The summed E-state index contributed by atoms with van der Waals surface area (Å²) in [4.78, 5) is 20.9. The summed E-state index contributed by atoms with van der Waals surface area (Å²) < 4.78 is 2.14. The van der Waals surface area contributed by atoms with Gasteiger partial charge in [0, 0.05) is 54.9 Å². The lowest BCUT2D eigenvalue weighted by Gasteiger charge is -2.29. The van der Waals surface area contributed by atoms with Gasteiger partial charge in [-0.3, -0.25) is 4.98 Å². The third kappa shape index (κ3) is 2.40. The molecule has 1 aliphatic heterocycles. The number of anilines is 1. The van der Waals surface area contributed by atoms with Gasteiger partial charge in [0.05, 0.1) is 18.6 Å².